The van der Waals surface area contributed by atoms with Crippen LogP contribution in [0.2, 0.25) is 39.3 Å². The molecule has 0 aromatic carbocycles. The predicted molar refractivity (Wildman–Crippen MR) is 70.0 cm³/mol. The molecule has 0 aliphatic rings. The lowest BCUT2D eigenvalue weighted by molar-refractivity contribution is 0.476. The fourth-order valence-electron chi connectivity index (χ4n) is 1.02. The van der Waals surface area contributed by atoms with Gasteiger partial charge in [-0.05, 0) is 39.3 Å². The number of hydrogen-bond acceptors (Lipinski definition) is 4. The third-order valence-corrected chi connectivity index (χ3v) is 3.03. The molecule has 0 saturated heterocycles. The zero-order chi connectivity index (χ0) is 12.4. The van der Waals surface area contributed by atoms with Crippen molar-refractivity contribution in [2.75, 3.05) is 0 Å². The van der Waals surface area contributed by atoms with E-state index < -0.39 is 16.6 Å². The van der Waals surface area contributed by atoms with E-state index in [4.69, 9.17) is 8.85 Å². The molecule has 0 spiro atoms. The molecule has 0 fully saturated rings. The average Bonchev–Trinajstić information content (AvgIpc) is 1.96. The smallest absolute Gasteiger partial charge is 0.305 e. The van der Waals surface area contributed by atoms with Gasteiger partial charge in [0.25, 0.3) is 0 Å². The van der Waals surface area contributed by atoms with Crippen molar-refractivity contribution in [3.8, 4) is 11.9 Å². The Morgan fingerprint density at radius 2 is 1.50 bits per heavy atom. The summed E-state index contributed by atoms with van der Waals surface area (Å²) in [4.78, 5) is 8.35. The first kappa shape index (κ1) is 13.2. The first-order valence-electron chi connectivity index (χ1n) is 5.37. The van der Waals surface area contributed by atoms with E-state index in [9.17, 15) is 0 Å². The molecule has 1 heterocycles. The minimum atomic E-state index is -1.65. The van der Waals surface area contributed by atoms with Gasteiger partial charge in [-0.15, -0.1) is 0 Å². The van der Waals surface area contributed by atoms with Crippen molar-refractivity contribution in [3.05, 3.63) is 12.3 Å². The molecule has 0 N–H and O–H groups in total. The zero-order valence-corrected chi connectivity index (χ0v) is 12.9. The van der Waals surface area contributed by atoms with E-state index in [1.165, 1.54) is 0 Å². The Kier molecular flexibility index (Phi) is 3.74. The fourth-order valence-corrected chi connectivity index (χ4v) is 2.41. The van der Waals surface area contributed by atoms with Gasteiger partial charge in [0.2, 0.25) is 22.5 Å². The Morgan fingerprint density at radius 3 is 2.00 bits per heavy atom. The summed E-state index contributed by atoms with van der Waals surface area (Å²) >= 11 is 0. The maximum absolute atomic E-state index is 5.78. The van der Waals surface area contributed by atoms with Gasteiger partial charge in [0, 0.05) is 12.3 Å². The molecule has 1 rings (SSSR count). The predicted octanol–water partition coefficient (Wildman–Crippen LogP) is 2.90. The second-order valence-electron chi connectivity index (χ2n) is 5.61. The van der Waals surface area contributed by atoms with Crippen LogP contribution in [0.3, 0.4) is 0 Å². The standard InChI is InChI=1S/C10H20N2O2Si2/c1-15(2,3)13-9-7-8-11-10(12-9)14-16(4,5)6/h7-8H,1-6H3. The van der Waals surface area contributed by atoms with Crippen LogP contribution >= 0.6 is 0 Å². The molecule has 4 nitrogen and oxygen atoms in total. The first-order valence-corrected chi connectivity index (χ1v) is 12.2. The Bertz CT molecular complexity index is 327. The summed E-state index contributed by atoms with van der Waals surface area (Å²) in [7, 11) is -3.26. The molecule has 0 bridgehead atoms. The van der Waals surface area contributed by atoms with Crippen LogP contribution in [0.25, 0.3) is 0 Å². The topological polar surface area (TPSA) is 44.2 Å². The van der Waals surface area contributed by atoms with Gasteiger partial charge in [0.05, 0.1) is 0 Å². The molecule has 1 aromatic heterocycles. The Labute approximate surface area is 99.3 Å². The highest BCUT2D eigenvalue weighted by Crippen LogP contribution is 2.17. The second-order valence-corrected chi connectivity index (χ2v) is 14.5. The van der Waals surface area contributed by atoms with Gasteiger partial charge in [-0.1, -0.05) is 0 Å². The van der Waals surface area contributed by atoms with Crippen molar-refractivity contribution in [1.82, 2.24) is 9.97 Å². The number of nitrogens with zero attached hydrogens (tertiary/aromatic N) is 2. The molecule has 0 radical (unpaired) electrons. The summed E-state index contributed by atoms with van der Waals surface area (Å²) in [5.41, 5.74) is 0. The van der Waals surface area contributed by atoms with E-state index in [0.29, 0.717) is 11.9 Å². The van der Waals surface area contributed by atoms with Crippen LogP contribution in [0.4, 0.5) is 0 Å². The second kappa shape index (κ2) is 4.54. The van der Waals surface area contributed by atoms with E-state index in [1.807, 2.05) is 0 Å². The minimum Gasteiger partial charge on any atom is -0.531 e. The highest BCUT2D eigenvalue weighted by molar-refractivity contribution is 6.70. The van der Waals surface area contributed by atoms with Crippen molar-refractivity contribution in [1.29, 1.82) is 0 Å². The summed E-state index contributed by atoms with van der Waals surface area (Å²) < 4.78 is 11.5. The van der Waals surface area contributed by atoms with Crippen molar-refractivity contribution < 1.29 is 8.85 Å². The van der Waals surface area contributed by atoms with Gasteiger partial charge in [-0.3, -0.25) is 0 Å². The Hall–Kier alpha value is -0.886. The molecular formula is C10H20N2O2Si2. The maximum Gasteiger partial charge on any atom is 0.305 e. The molecule has 90 valence electrons. The van der Waals surface area contributed by atoms with Crippen LogP contribution in [-0.4, -0.2) is 26.6 Å². The maximum atomic E-state index is 5.78. The van der Waals surface area contributed by atoms with Gasteiger partial charge in [-0.25, -0.2) is 4.98 Å². The lowest BCUT2D eigenvalue weighted by Crippen LogP contribution is -2.31. The highest BCUT2D eigenvalue weighted by Gasteiger charge is 2.20. The summed E-state index contributed by atoms with van der Waals surface area (Å²) in [5, 5.41) is 0. The molecule has 1 aromatic rings. The van der Waals surface area contributed by atoms with Gasteiger partial charge >= 0.3 is 6.01 Å². The SMILES string of the molecule is C[Si](C)(C)Oc1ccnc(O[Si](C)(C)C)n1. The van der Waals surface area contributed by atoms with Gasteiger partial charge in [0.15, 0.2) is 0 Å². The van der Waals surface area contributed by atoms with Crippen molar-refractivity contribution in [2.24, 2.45) is 0 Å². The Morgan fingerprint density at radius 1 is 0.938 bits per heavy atom. The van der Waals surface area contributed by atoms with Gasteiger partial charge in [-0.2, -0.15) is 4.98 Å². The quantitative estimate of drug-likeness (QED) is 0.777. The lowest BCUT2D eigenvalue weighted by atomic mass is 10.6. The molecule has 0 unspecified atom stereocenters. The third kappa shape index (κ3) is 5.27. The number of hydrogen-bond donors (Lipinski definition) is 0. The highest BCUT2D eigenvalue weighted by atomic mass is 28.4. The average molecular weight is 256 g/mol. The van der Waals surface area contributed by atoms with Crippen LogP contribution in [0.15, 0.2) is 12.3 Å². The summed E-state index contributed by atoms with van der Waals surface area (Å²) in [6.45, 7) is 12.7. The van der Waals surface area contributed by atoms with Crippen LogP contribution < -0.4 is 8.85 Å². The van der Waals surface area contributed by atoms with E-state index in [0.717, 1.165) is 0 Å². The summed E-state index contributed by atoms with van der Waals surface area (Å²) in [5.74, 6) is 0.613. The van der Waals surface area contributed by atoms with Crippen molar-refractivity contribution in [3.63, 3.8) is 0 Å². The van der Waals surface area contributed by atoms with Gasteiger partial charge in [0.1, 0.15) is 0 Å². The van der Waals surface area contributed by atoms with E-state index in [2.05, 4.69) is 49.3 Å². The van der Waals surface area contributed by atoms with Crippen LogP contribution in [0.1, 0.15) is 0 Å². The van der Waals surface area contributed by atoms with Crippen LogP contribution in [0, 0.1) is 0 Å². The molecular weight excluding hydrogens is 236 g/mol. The van der Waals surface area contributed by atoms with Crippen molar-refractivity contribution in [2.45, 2.75) is 39.3 Å². The molecule has 6 heteroatoms. The van der Waals surface area contributed by atoms with E-state index in [1.54, 1.807) is 12.3 Å². The fraction of sp³-hybridized carbons (Fsp3) is 0.600. The van der Waals surface area contributed by atoms with Crippen LogP contribution in [-0.2, 0) is 0 Å². The summed E-state index contributed by atoms with van der Waals surface area (Å²) in [6, 6.07) is 2.20. The normalized spacial score (nSPS) is 12.4. The van der Waals surface area contributed by atoms with E-state index in [-0.39, 0.29) is 0 Å². The van der Waals surface area contributed by atoms with E-state index >= 15 is 0 Å². The summed E-state index contributed by atoms with van der Waals surface area (Å²) in [6.07, 6.45) is 1.68. The molecule has 0 aliphatic carbocycles. The molecule has 0 aliphatic heterocycles. The molecule has 0 atom stereocenters. The minimum absolute atomic E-state index is 0.426. The largest absolute Gasteiger partial charge is 0.531 e. The van der Waals surface area contributed by atoms with Crippen LogP contribution in [0.5, 0.6) is 11.9 Å². The zero-order valence-electron chi connectivity index (χ0n) is 10.9. The van der Waals surface area contributed by atoms with Gasteiger partial charge < -0.3 is 8.85 Å². The van der Waals surface area contributed by atoms with Crippen molar-refractivity contribution >= 4 is 16.6 Å². The number of rotatable bonds is 4. The Balaban J connectivity index is 2.79. The lowest BCUT2D eigenvalue weighted by Gasteiger charge is -2.20. The number of aromatic nitrogens is 2. The first-order chi connectivity index (χ1) is 7.16. The molecule has 0 saturated carbocycles. The monoisotopic (exact) mass is 256 g/mol. The molecule has 16 heavy (non-hydrogen) atoms. The molecule has 0 amide bonds. The third-order valence-electron chi connectivity index (χ3n) is 1.42.